The summed E-state index contributed by atoms with van der Waals surface area (Å²) in [5, 5.41) is 10.9. The van der Waals surface area contributed by atoms with Gasteiger partial charge in [-0.05, 0) is 56.2 Å². The number of nitrogens with zero attached hydrogens (tertiary/aromatic N) is 6. The molecule has 60 heavy (non-hydrogen) atoms. The molecule has 22 heteroatoms. The van der Waals surface area contributed by atoms with E-state index < -0.39 is 30.2 Å². The van der Waals surface area contributed by atoms with Gasteiger partial charge in [-0.2, -0.15) is 8.42 Å². The fraction of sp³-hybridized carbons (Fsp3) is 0.211. The molecule has 0 aliphatic rings. The van der Waals surface area contributed by atoms with Gasteiger partial charge in [0.25, 0.3) is 10.1 Å². The van der Waals surface area contributed by atoms with Gasteiger partial charge in [0.1, 0.15) is 0 Å². The van der Waals surface area contributed by atoms with Crippen molar-refractivity contribution >= 4 is 74.9 Å². The Morgan fingerprint density at radius 1 is 0.617 bits per heavy atom. The Morgan fingerprint density at radius 3 is 1.20 bits per heavy atom. The van der Waals surface area contributed by atoms with Gasteiger partial charge in [0.2, 0.25) is 31.9 Å². The predicted molar refractivity (Wildman–Crippen MR) is 232 cm³/mol. The van der Waals surface area contributed by atoms with Crippen molar-refractivity contribution in [3.8, 4) is 22.5 Å². The molecule has 0 spiro atoms. The number of benzene rings is 2. The molecule has 2 aromatic carbocycles. The number of aryl methyl sites for hydroxylation is 2. The van der Waals surface area contributed by atoms with E-state index in [1.165, 1.54) is 16.7 Å². The van der Waals surface area contributed by atoms with Crippen molar-refractivity contribution < 1.29 is 39.4 Å². The lowest BCUT2D eigenvalue weighted by Crippen LogP contribution is -2.27. The molecule has 4 heterocycles. The van der Waals surface area contributed by atoms with E-state index in [0.717, 1.165) is 56.3 Å². The first-order valence-electron chi connectivity index (χ1n) is 17.6. The molecule has 0 saturated carbocycles. The number of amides is 2. The van der Waals surface area contributed by atoms with Gasteiger partial charge < -0.3 is 0 Å². The van der Waals surface area contributed by atoms with Crippen LogP contribution in [-0.2, 0) is 52.6 Å². The van der Waals surface area contributed by atoms with E-state index in [1.807, 2.05) is 84.9 Å². The monoisotopic (exact) mass is 914 g/mol. The second kappa shape index (κ2) is 20.3. The Morgan fingerprint density at radius 2 is 0.950 bits per heavy atom. The zero-order valence-corrected chi connectivity index (χ0v) is 37.0. The number of hydrogen-bond acceptors (Lipinski definition) is 14. The molecule has 0 radical (unpaired) electrons. The predicted octanol–water partition coefficient (Wildman–Crippen LogP) is 4.63. The molecule has 6 aromatic rings. The summed E-state index contributed by atoms with van der Waals surface area (Å²) in [6.07, 6.45) is 3.80. The molecule has 6 rings (SSSR count). The highest BCUT2D eigenvalue weighted by molar-refractivity contribution is 7.91. The smallest absolute Gasteiger partial charge is 0.264 e. The number of likely N-dealkylation sites (N-methyl/N-ethyl adjacent to an activating group) is 2. The third-order valence-electron chi connectivity index (χ3n) is 8.23. The first-order valence-corrected chi connectivity index (χ1v) is 23.9. The number of pyridine rings is 2. The van der Waals surface area contributed by atoms with Gasteiger partial charge in [0.05, 0.1) is 41.4 Å². The Hall–Kier alpha value is -5.33. The van der Waals surface area contributed by atoms with E-state index in [1.54, 1.807) is 40.3 Å². The van der Waals surface area contributed by atoms with Gasteiger partial charge in [-0.25, -0.2) is 37.1 Å². The van der Waals surface area contributed by atoms with Crippen molar-refractivity contribution in [2.24, 2.45) is 10.3 Å². The van der Waals surface area contributed by atoms with Crippen LogP contribution in [0.25, 0.3) is 22.5 Å². The molecule has 5 N–H and O–H groups in total. The van der Waals surface area contributed by atoms with Gasteiger partial charge in [-0.15, -0.1) is 0 Å². The summed E-state index contributed by atoms with van der Waals surface area (Å²) in [5.41, 5.74) is 5.91. The number of anilines is 2. The summed E-state index contributed by atoms with van der Waals surface area (Å²) in [6, 6.07) is 26.5. The first kappa shape index (κ1) is 47.3. The molecule has 0 aliphatic carbocycles. The average Bonchev–Trinajstić information content (AvgIpc) is 3.82. The molecule has 318 valence electrons. The van der Waals surface area contributed by atoms with E-state index >= 15 is 0 Å². The summed E-state index contributed by atoms with van der Waals surface area (Å²) in [5.74, 6) is -0.599. The maximum Gasteiger partial charge on any atom is 0.264 e. The van der Waals surface area contributed by atoms with E-state index in [4.69, 9.17) is 14.8 Å². The zero-order chi connectivity index (χ0) is 44.4. The molecule has 0 fully saturated rings. The maximum absolute atomic E-state index is 12.5. The molecule has 0 atom stereocenters. The second-order valence-electron chi connectivity index (χ2n) is 12.8. The Bertz CT molecular complexity index is 2570. The molecule has 0 aliphatic heterocycles. The Labute approximate surface area is 356 Å². The largest absolute Gasteiger partial charge is 0.291 e. The number of hydrogen-bond donors (Lipinski definition) is 3. The van der Waals surface area contributed by atoms with Gasteiger partial charge in [-0.3, -0.25) is 33.9 Å². The van der Waals surface area contributed by atoms with Crippen molar-refractivity contribution in [3.05, 3.63) is 120 Å². The van der Waals surface area contributed by atoms with Crippen LogP contribution < -0.4 is 20.1 Å². The number of thiazole rings is 2. The Kier molecular flexibility index (Phi) is 16.0. The van der Waals surface area contributed by atoms with Gasteiger partial charge in [-0.1, -0.05) is 83.3 Å². The fourth-order valence-electron chi connectivity index (χ4n) is 5.01. The number of primary sulfonamides is 2. The highest BCUT2D eigenvalue weighted by Gasteiger charge is 2.24. The van der Waals surface area contributed by atoms with Gasteiger partial charge in [0, 0.05) is 37.6 Å². The molecule has 0 unspecified atom stereocenters. The molecule has 4 aromatic heterocycles. The minimum Gasteiger partial charge on any atom is -0.291 e. The van der Waals surface area contributed by atoms with Crippen LogP contribution in [-0.4, -0.2) is 81.4 Å². The summed E-state index contributed by atoms with van der Waals surface area (Å²) in [4.78, 5) is 44.7. The number of sulfonamides is 2. The van der Waals surface area contributed by atoms with Crippen molar-refractivity contribution in [3.63, 3.8) is 0 Å². The quantitative estimate of drug-likeness (QED) is 0.150. The average molecular weight is 915 g/mol. The van der Waals surface area contributed by atoms with Crippen molar-refractivity contribution in [1.82, 2.24) is 19.9 Å². The third kappa shape index (κ3) is 13.6. The van der Waals surface area contributed by atoms with Crippen molar-refractivity contribution in [2.75, 3.05) is 29.6 Å². The topological polar surface area (TPSA) is 267 Å². The molecule has 0 bridgehead atoms. The molecule has 17 nitrogen and oxygen atoms in total. The zero-order valence-electron chi connectivity index (χ0n) is 33.0. The van der Waals surface area contributed by atoms with Crippen molar-refractivity contribution in [2.45, 2.75) is 42.0 Å². The van der Waals surface area contributed by atoms with Crippen LogP contribution >= 0.6 is 22.7 Å². The van der Waals surface area contributed by atoms with Crippen LogP contribution in [0.15, 0.2) is 106 Å². The summed E-state index contributed by atoms with van der Waals surface area (Å²) in [6.45, 7) is 4.47. The summed E-state index contributed by atoms with van der Waals surface area (Å²) >= 11 is 1.77. The second-order valence-corrected chi connectivity index (χ2v) is 20.0. The van der Waals surface area contributed by atoms with E-state index in [9.17, 15) is 34.8 Å². The van der Waals surface area contributed by atoms with Crippen LogP contribution in [0.2, 0.25) is 0 Å². The van der Waals surface area contributed by atoms with Crippen LogP contribution in [0.3, 0.4) is 0 Å². The highest BCUT2D eigenvalue weighted by Crippen LogP contribution is 2.30. The Balaban J connectivity index is 0.000000233. The molecular weight excluding hydrogens is 873 g/mol. The summed E-state index contributed by atoms with van der Waals surface area (Å²) in [7, 11) is -8.23. The third-order valence-corrected chi connectivity index (χ3v) is 14.5. The number of nitrogens with two attached hydrogens (primary N) is 2. The van der Waals surface area contributed by atoms with E-state index in [0.29, 0.717) is 10.3 Å². The fourth-order valence-corrected chi connectivity index (χ4v) is 8.86. The van der Waals surface area contributed by atoms with Gasteiger partial charge >= 0.3 is 0 Å². The van der Waals surface area contributed by atoms with Crippen molar-refractivity contribution in [1.29, 1.82) is 0 Å². The van der Waals surface area contributed by atoms with Crippen LogP contribution in [0, 0.1) is 13.8 Å². The van der Waals surface area contributed by atoms with Gasteiger partial charge in [0.15, 0.2) is 18.7 Å². The lowest BCUT2D eigenvalue weighted by molar-refractivity contribution is -0.118. The number of carbonyl (C=O) groups excluding carboxylic acids is 2. The lowest BCUT2D eigenvalue weighted by Gasteiger charge is -2.13. The first-order chi connectivity index (χ1) is 28.1. The van der Waals surface area contributed by atoms with Crippen LogP contribution in [0.1, 0.15) is 29.4 Å². The SMILES string of the molecule is CCS(=O)(=O)O.Cc1nc(N(C)C(=O)Cc2ccc(-c3ccccn3)cc2)sc1S(N)(=O)=O.Cc1nc(N(C)C(=O)Cc2ccc(-c3ccccn3)cc2)sc1S(N)(=O)=O. The van der Waals surface area contributed by atoms with Crippen LogP contribution in [0.4, 0.5) is 10.3 Å². The van der Waals surface area contributed by atoms with E-state index in [2.05, 4.69) is 19.9 Å². The molecule has 2 amide bonds. The minimum atomic E-state index is -3.85. The number of rotatable bonds is 11. The lowest BCUT2D eigenvalue weighted by atomic mass is 10.1. The highest BCUT2D eigenvalue weighted by atomic mass is 32.3. The standard InChI is InChI=1S/2C18H18N4O3S2.C2H6O3S/c2*1-12-17(27(19,24)25)26-18(21-12)22(2)16(23)11-13-6-8-14(9-7-13)15-5-3-4-10-20-15;1-2-6(3,4)5/h2*3-10H,11H2,1-2H3,(H2,19,24,25);2H2,1H3,(H,3,4,5). The molecule has 0 saturated heterocycles. The maximum atomic E-state index is 12.5. The van der Waals surface area contributed by atoms with Crippen LogP contribution in [0.5, 0.6) is 0 Å². The number of aromatic nitrogens is 4. The summed E-state index contributed by atoms with van der Waals surface area (Å²) < 4.78 is 73.0. The normalized spacial score (nSPS) is 11.4. The van der Waals surface area contributed by atoms with E-state index in [-0.39, 0.29) is 50.2 Å². The number of carbonyl (C=O) groups is 2. The minimum absolute atomic E-state index is 0.0307. The molecular formula is C38H42N8O9S5.